The Hall–Kier alpha value is -1.02. The number of nitrogens with zero attached hydrogens (tertiary/aromatic N) is 1. The van der Waals surface area contributed by atoms with Gasteiger partial charge in [0.15, 0.2) is 5.75 Å². The zero-order chi connectivity index (χ0) is 13.1. The lowest BCUT2D eigenvalue weighted by molar-refractivity contribution is -0.275. The third-order valence-electron chi connectivity index (χ3n) is 1.84. The smallest absolute Gasteiger partial charge is 0.478 e. The quantitative estimate of drug-likeness (QED) is 0.867. The van der Waals surface area contributed by atoms with E-state index in [9.17, 15) is 13.2 Å². The summed E-state index contributed by atoms with van der Waals surface area (Å²) in [7, 11) is 1.17. The van der Waals surface area contributed by atoms with Gasteiger partial charge >= 0.3 is 6.36 Å². The highest BCUT2D eigenvalue weighted by Crippen LogP contribution is 2.33. The molecule has 1 aromatic heterocycles. The molecule has 17 heavy (non-hydrogen) atoms. The Morgan fingerprint density at radius 3 is 2.53 bits per heavy atom. The number of pyridine rings is 1. The lowest BCUT2D eigenvalue weighted by Crippen LogP contribution is -2.18. The van der Waals surface area contributed by atoms with Gasteiger partial charge in [-0.3, -0.25) is 0 Å². The number of aromatic nitrogens is 1. The first-order valence-corrected chi connectivity index (χ1v) is 5.52. The minimum Gasteiger partial charge on any atom is -0.478 e. The van der Waals surface area contributed by atoms with Crippen LogP contribution in [0.1, 0.15) is 11.3 Å². The van der Waals surface area contributed by atoms with Crippen molar-refractivity contribution in [2.75, 3.05) is 7.11 Å². The zero-order valence-corrected chi connectivity index (χ0v) is 10.3. The fraction of sp³-hybridized carbons (Fsp3) is 0.444. The van der Waals surface area contributed by atoms with Gasteiger partial charge in [-0.2, -0.15) is 0 Å². The van der Waals surface area contributed by atoms with Gasteiger partial charge in [-0.25, -0.2) is 4.98 Å². The molecule has 96 valence electrons. The van der Waals surface area contributed by atoms with Crippen LogP contribution in [0.3, 0.4) is 0 Å². The molecule has 1 aromatic rings. The largest absolute Gasteiger partial charge is 0.573 e. The van der Waals surface area contributed by atoms with Gasteiger partial charge in [0.25, 0.3) is 5.88 Å². The van der Waals surface area contributed by atoms with E-state index in [2.05, 4.69) is 30.4 Å². The molecule has 0 fully saturated rings. The van der Waals surface area contributed by atoms with Gasteiger partial charge in [0, 0.05) is 5.33 Å². The van der Waals surface area contributed by atoms with Gasteiger partial charge in [0.1, 0.15) is 0 Å². The summed E-state index contributed by atoms with van der Waals surface area (Å²) in [5.74, 6) is -0.859. The Morgan fingerprint density at radius 2 is 2.12 bits per heavy atom. The van der Waals surface area contributed by atoms with Gasteiger partial charge < -0.3 is 14.6 Å². The first kappa shape index (κ1) is 14.0. The van der Waals surface area contributed by atoms with Gasteiger partial charge in [-0.1, -0.05) is 15.9 Å². The molecule has 0 atom stereocenters. The second-order valence-corrected chi connectivity index (χ2v) is 3.50. The number of aliphatic hydroxyl groups is 1. The van der Waals surface area contributed by atoms with Crippen molar-refractivity contribution in [1.82, 2.24) is 4.98 Å². The molecule has 0 bridgehead atoms. The molecule has 0 aliphatic rings. The molecule has 0 aliphatic carbocycles. The number of ether oxygens (including phenoxy) is 2. The van der Waals surface area contributed by atoms with E-state index in [-0.39, 0.29) is 16.9 Å². The number of halogens is 4. The number of hydrogen-bond acceptors (Lipinski definition) is 4. The van der Waals surface area contributed by atoms with Crippen molar-refractivity contribution < 1.29 is 27.8 Å². The molecule has 1 rings (SSSR count). The van der Waals surface area contributed by atoms with Crippen LogP contribution in [0.2, 0.25) is 0 Å². The normalized spacial score (nSPS) is 11.4. The average molecular weight is 316 g/mol. The Morgan fingerprint density at radius 1 is 1.47 bits per heavy atom. The predicted molar refractivity (Wildman–Crippen MR) is 56.0 cm³/mol. The third kappa shape index (κ3) is 3.74. The molecular weight excluding hydrogens is 307 g/mol. The first-order chi connectivity index (χ1) is 7.91. The SMILES string of the molecule is COc1nc(CO)c(CBr)cc1OC(F)(F)F. The monoisotopic (exact) mass is 315 g/mol. The van der Waals surface area contributed by atoms with E-state index in [0.717, 1.165) is 6.07 Å². The van der Waals surface area contributed by atoms with Crippen LogP contribution < -0.4 is 9.47 Å². The summed E-state index contributed by atoms with van der Waals surface area (Å²) in [6, 6.07) is 1.12. The van der Waals surface area contributed by atoms with E-state index < -0.39 is 18.7 Å². The number of methoxy groups -OCH3 is 1. The van der Waals surface area contributed by atoms with Crippen LogP contribution >= 0.6 is 15.9 Å². The molecule has 1 heterocycles. The summed E-state index contributed by atoms with van der Waals surface area (Å²) in [4.78, 5) is 3.74. The summed E-state index contributed by atoms with van der Waals surface area (Å²) >= 11 is 3.08. The summed E-state index contributed by atoms with van der Waals surface area (Å²) in [6.45, 7) is -0.399. The fourth-order valence-corrected chi connectivity index (χ4v) is 1.63. The van der Waals surface area contributed by atoms with Crippen LogP contribution in [0.15, 0.2) is 6.07 Å². The number of hydrogen-bond donors (Lipinski definition) is 1. The lowest BCUT2D eigenvalue weighted by atomic mass is 10.2. The van der Waals surface area contributed by atoms with Crippen molar-refractivity contribution >= 4 is 15.9 Å². The van der Waals surface area contributed by atoms with Crippen molar-refractivity contribution in [3.63, 3.8) is 0 Å². The topological polar surface area (TPSA) is 51.6 Å². The van der Waals surface area contributed by atoms with Crippen molar-refractivity contribution in [3.8, 4) is 11.6 Å². The van der Waals surface area contributed by atoms with Crippen molar-refractivity contribution in [3.05, 3.63) is 17.3 Å². The molecular formula is C9H9BrF3NO3. The van der Waals surface area contributed by atoms with Crippen LogP contribution in [0.4, 0.5) is 13.2 Å². The Bertz CT molecular complexity index is 398. The zero-order valence-electron chi connectivity index (χ0n) is 8.71. The molecule has 1 N–H and O–H groups in total. The van der Waals surface area contributed by atoms with Gasteiger partial charge in [-0.05, 0) is 11.6 Å². The van der Waals surface area contributed by atoms with Crippen LogP contribution in [0.5, 0.6) is 11.6 Å². The lowest BCUT2D eigenvalue weighted by Gasteiger charge is -2.14. The van der Waals surface area contributed by atoms with Gasteiger partial charge in [0.05, 0.1) is 19.4 Å². The average Bonchev–Trinajstić information content (AvgIpc) is 2.26. The standard InChI is InChI=1S/C9H9BrF3NO3/c1-16-8-7(17-9(11,12)13)2-5(3-10)6(4-15)14-8/h2,15H,3-4H2,1H3. The fourth-order valence-electron chi connectivity index (χ4n) is 1.15. The molecule has 0 aliphatic heterocycles. The number of alkyl halides is 4. The van der Waals surface area contributed by atoms with Crippen LogP contribution in [0, 0.1) is 0 Å². The molecule has 0 saturated carbocycles. The maximum absolute atomic E-state index is 12.1. The molecule has 0 spiro atoms. The second kappa shape index (κ2) is 5.54. The Labute approximate surface area is 103 Å². The third-order valence-corrected chi connectivity index (χ3v) is 2.44. The van der Waals surface area contributed by atoms with E-state index in [1.165, 1.54) is 7.11 Å². The van der Waals surface area contributed by atoms with Crippen molar-refractivity contribution in [2.45, 2.75) is 18.3 Å². The number of aliphatic hydroxyl groups excluding tert-OH is 1. The predicted octanol–water partition coefficient (Wildman–Crippen LogP) is 2.38. The summed E-state index contributed by atoms with van der Waals surface area (Å²) in [5.41, 5.74) is 0.626. The molecule has 0 radical (unpaired) electrons. The summed E-state index contributed by atoms with van der Waals surface area (Å²) in [6.07, 6.45) is -4.82. The maximum Gasteiger partial charge on any atom is 0.573 e. The molecule has 0 saturated heterocycles. The molecule has 0 aromatic carbocycles. The highest BCUT2D eigenvalue weighted by molar-refractivity contribution is 9.08. The minimum atomic E-state index is -4.82. The number of rotatable bonds is 4. The van der Waals surface area contributed by atoms with E-state index >= 15 is 0 Å². The summed E-state index contributed by atoms with van der Waals surface area (Å²) < 4.78 is 44.8. The van der Waals surface area contributed by atoms with E-state index in [0.29, 0.717) is 5.56 Å². The van der Waals surface area contributed by atoms with Crippen molar-refractivity contribution in [1.29, 1.82) is 0 Å². The second-order valence-electron chi connectivity index (χ2n) is 2.94. The highest BCUT2D eigenvalue weighted by Gasteiger charge is 2.33. The van der Waals surface area contributed by atoms with Crippen LogP contribution in [-0.2, 0) is 11.9 Å². The molecule has 0 unspecified atom stereocenters. The van der Waals surface area contributed by atoms with Crippen LogP contribution in [-0.4, -0.2) is 23.6 Å². The first-order valence-electron chi connectivity index (χ1n) is 4.40. The van der Waals surface area contributed by atoms with Gasteiger partial charge in [0.2, 0.25) is 0 Å². The molecule has 8 heteroatoms. The van der Waals surface area contributed by atoms with Crippen molar-refractivity contribution in [2.24, 2.45) is 0 Å². The Kier molecular flexibility index (Phi) is 4.58. The van der Waals surface area contributed by atoms with Gasteiger partial charge in [-0.15, -0.1) is 13.2 Å². The van der Waals surface area contributed by atoms with E-state index in [4.69, 9.17) is 5.11 Å². The maximum atomic E-state index is 12.1. The minimum absolute atomic E-state index is 0.230. The van der Waals surface area contributed by atoms with Crippen LogP contribution in [0.25, 0.3) is 0 Å². The molecule has 0 amide bonds. The molecule has 4 nitrogen and oxygen atoms in total. The summed E-state index contributed by atoms with van der Waals surface area (Å²) in [5, 5.41) is 9.24. The highest BCUT2D eigenvalue weighted by atomic mass is 79.9. The van der Waals surface area contributed by atoms with E-state index in [1.54, 1.807) is 0 Å². The Balaban J connectivity index is 3.19. The van der Waals surface area contributed by atoms with E-state index in [1.807, 2.05) is 0 Å².